The Hall–Kier alpha value is -3.92. The van der Waals surface area contributed by atoms with Crippen molar-refractivity contribution in [3.8, 4) is 17.0 Å². The van der Waals surface area contributed by atoms with Crippen LogP contribution in [0, 0.1) is 13.8 Å². The van der Waals surface area contributed by atoms with Crippen LogP contribution in [-0.4, -0.2) is 39.1 Å². The molecule has 41 heavy (non-hydrogen) atoms. The van der Waals surface area contributed by atoms with E-state index in [2.05, 4.69) is 48.4 Å². The highest BCUT2D eigenvalue weighted by Gasteiger charge is 2.17. The molecule has 0 saturated heterocycles. The summed E-state index contributed by atoms with van der Waals surface area (Å²) in [7, 11) is 0. The first kappa shape index (κ1) is 28.6. The number of thiocarbonyl (C=S) groups is 1. The van der Waals surface area contributed by atoms with Gasteiger partial charge in [-0.05, 0) is 106 Å². The molecule has 0 aliphatic carbocycles. The van der Waals surface area contributed by atoms with Crippen LogP contribution in [0.1, 0.15) is 35.5 Å². The third kappa shape index (κ3) is 5.93. The van der Waals surface area contributed by atoms with Crippen molar-refractivity contribution < 1.29 is 9.21 Å². The van der Waals surface area contributed by atoms with Crippen molar-refractivity contribution in [2.45, 2.75) is 27.7 Å². The molecule has 2 aromatic heterocycles. The van der Waals surface area contributed by atoms with E-state index in [0.717, 1.165) is 35.4 Å². The third-order valence-corrected chi connectivity index (χ3v) is 7.80. The largest absolute Gasteiger partial charge is 0.451 e. The molecule has 8 nitrogen and oxygen atoms in total. The maximum atomic E-state index is 12.8. The molecule has 210 valence electrons. The van der Waals surface area contributed by atoms with Crippen LogP contribution >= 0.6 is 35.4 Å². The Morgan fingerprint density at radius 2 is 1.71 bits per heavy atom. The van der Waals surface area contributed by atoms with Gasteiger partial charge in [0.05, 0.1) is 15.7 Å². The summed E-state index contributed by atoms with van der Waals surface area (Å²) in [5, 5.41) is 16.0. The summed E-state index contributed by atoms with van der Waals surface area (Å²) in [4.78, 5) is 16.8. The van der Waals surface area contributed by atoms with Gasteiger partial charge in [-0.3, -0.25) is 10.1 Å². The number of carbonyl (C=O) groups excluding carboxylic acids is 1. The van der Waals surface area contributed by atoms with Crippen LogP contribution in [0.2, 0.25) is 10.0 Å². The molecule has 11 heteroatoms. The fraction of sp³-hybridized carbons (Fsp3) is 0.200. The number of aryl methyl sites for hydroxylation is 2. The number of anilines is 2. The summed E-state index contributed by atoms with van der Waals surface area (Å²) in [5.41, 5.74) is 6.78. The minimum Gasteiger partial charge on any atom is -0.451 e. The van der Waals surface area contributed by atoms with Crippen LogP contribution in [0.15, 0.2) is 65.1 Å². The molecule has 2 heterocycles. The SMILES string of the molecule is CCN(CC)c1ccc(-n2nc3cc(C)c(NC(=S)NC(=O)c4ccc(-c5cccc(Cl)c5Cl)o4)cc3n2)c(C)c1. The van der Waals surface area contributed by atoms with Gasteiger partial charge in [0.2, 0.25) is 0 Å². The fourth-order valence-corrected chi connectivity index (χ4v) is 5.17. The number of hydrogen-bond donors (Lipinski definition) is 2. The standard InChI is InChI=1S/C30H28Cl2N6O2S/c1-5-37(6-2)19-10-11-25(18(4)14-19)38-35-23-15-17(3)22(16-24(23)36-38)33-30(41)34-29(39)27-13-12-26(40-27)20-8-7-9-21(31)28(20)32/h7-16H,5-6H2,1-4H3,(H2,33,34,39,41). The molecule has 0 unspecified atom stereocenters. The van der Waals surface area contributed by atoms with Gasteiger partial charge in [0.25, 0.3) is 5.91 Å². The number of hydrogen-bond acceptors (Lipinski definition) is 6. The molecule has 1 amide bonds. The van der Waals surface area contributed by atoms with Crippen LogP contribution in [0.25, 0.3) is 28.0 Å². The zero-order valence-electron chi connectivity index (χ0n) is 23.0. The minimum atomic E-state index is -0.500. The van der Waals surface area contributed by atoms with E-state index in [1.807, 2.05) is 25.1 Å². The van der Waals surface area contributed by atoms with E-state index in [1.54, 1.807) is 35.1 Å². The smallest absolute Gasteiger partial charge is 0.293 e. The van der Waals surface area contributed by atoms with Gasteiger partial charge in [-0.25, -0.2) is 0 Å². The summed E-state index contributed by atoms with van der Waals surface area (Å²) in [5.74, 6) is 0.00161. The summed E-state index contributed by atoms with van der Waals surface area (Å²) in [6, 6.07) is 18.5. The number of furan rings is 1. The molecule has 5 rings (SSSR count). The average molecular weight is 608 g/mol. The molecule has 0 bridgehead atoms. The predicted octanol–water partition coefficient (Wildman–Crippen LogP) is 7.58. The second-order valence-electron chi connectivity index (χ2n) is 9.46. The van der Waals surface area contributed by atoms with Gasteiger partial charge in [-0.15, -0.1) is 10.2 Å². The van der Waals surface area contributed by atoms with E-state index >= 15 is 0 Å². The van der Waals surface area contributed by atoms with Crippen LogP contribution in [0.5, 0.6) is 0 Å². The van der Waals surface area contributed by atoms with Crippen LogP contribution in [-0.2, 0) is 0 Å². The van der Waals surface area contributed by atoms with Gasteiger partial charge in [0.1, 0.15) is 16.8 Å². The number of rotatable bonds is 7. The number of aromatic nitrogens is 3. The quantitative estimate of drug-likeness (QED) is 0.185. The number of halogens is 2. The predicted molar refractivity (Wildman–Crippen MR) is 170 cm³/mol. The van der Waals surface area contributed by atoms with Crippen molar-refractivity contribution in [1.82, 2.24) is 20.3 Å². The maximum absolute atomic E-state index is 12.8. The minimum absolute atomic E-state index is 0.0812. The molecule has 0 atom stereocenters. The lowest BCUT2D eigenvalue weighted by atomic mass is 10.1. The van der Waals surface area contributed by atoms with Crippen LogP contribution < -0.4 is 15.5 Å². The monoisotopic (exact) mass is 606 g/mol. The lowest BCUT2D eigenvalue weighted by Gasteiger charge is -2.22. The summed E-state index contributed by atoms with van der Waals surface area (Å²) in [6.07, 6.45) is 0. The molecule has 0 fully saturated rings. The molecule has 5 aromatic rings. The first-order valence-electron chi connectivity index (χ1n) is 13.1. The van der Waals surface area contributed by atoms with Crippen LogP contribution in [0.4, 0.5) is 11.4 Å². The Kier molecular flexibility index (Phi) is 8.30. The highest BCUT2D eigenvalue weighted by molar-refractivity contribution is 7.80. The normalized spacial score (nSPS) is 11.1. The molecule has 3 aromatic carbocycles. The number of amides is 1. The molecule has 0 saturated carbocycles. The van der Waals surface area contributed by atoms with Crippen molar-refractivity contribution >= 4 is 68.8 Å². The summed E-state index contributed by atoms with van der Waals surface area (Å²) >= 11 is 17.8. The Morgan fingerprint density at radius 3 is 2.41 bits per heavy atom. The first-order valence-corrected chi connectivity index (χ1v) is 14.2. The van der Waals surface area contributed by atoms with E-state index in [0.29, 0.717) is 32.6 Å². The van der Waals surface area contributed by atoms with Gasteiger partial charge >= 0.3 is 0 Å². The Bertz CT molecular complexity index is 1780. The fourth-order valence-electron chi connectivity index (χ4n) is 4.58. The number of nitrogens with zero attached hydrogens (tertiary/aromatic N) is 4. The number of nitrogens with one attached hydrogen (secondary N) is 2. The molecular formula is C30H28Cl2N6O2S. The maximum Gasteiger partial charge on any atom is 0.293 e. The number of fused-ring (bicyclic) bond motifs is 1. The molecule has 0 aliphatic rings. The van der Waals surface area contributed by atoms with Crippen LogP contribution in [0.3, 0.4) is 0 Å². The molecule has 0 spiro atoms. The second-order valence-corrected chi connectivity index (χ2v) is 10.7. The van der Waals surface area contributed by atoms with Gasteiger partial charge in [0.15, 0.2) is 10.9 Å². The number of carbonyl (C=O) groups is 1. The molecular weight excluding hydrogens is 579 g/mol. The lowest BCUT2D eigenvalue weighted by Crippen LogP contribution is -2.34. The van der Waals surface area contributed by atoms with E-state index in [1.165, 1.54) is 5.69 Å². The van der Waals surface area contributed by atoms with E-state index < -0.39 is 5.91 Å². The van der Waals surface area contributed by atoms with Gasteiger partial charge < -0.3 is 14.6 Å². The van der Waals surface area contributed by atoms with E-state index in [-0.39, 0.29) is 10.9 Å². The first-order chi connectivity index (χ1) is 19.7. The summed E-state index contributed by atoms with van der Waals surface area (Å²) in [6.45, 7) is 10.2. The zero-order valence-corrected chi connectivity index (χ0v) is 25.3. The number of benzene rings is 3. The molecule has 0 aliphatic heterocycles. The van der Waals surface area contributed by atoms with E-state index in [9.17, 15) is 4.79 Å². The zero-order chi connectivity index (χ0) is 29.3. The second kappa shape index (κ2) is 11.9. The molecule has 2 N–H and O–H groups in total. The third-order valence-electron chi connectivity index (χ3n) is 6.77. The van der Waals surface area contributed by atoms with Crippen molar-refractivity contribution in [3.63, 3.8) is 0 Å². The highest BCUT2D eigenvalue weighted by atomic mass is 35.5. The highest BCUT2D eigenvalue weighted by Crippen LogP contribution is 2.34. The topological polar surface area (TPSA) is 88.2 Å². The Morgan fingerprint density at radius 1 is 0.976 bits per heavy atom. The average Bonchev–Trinajstić information content (AvgIpc) is 3.59. The lowest BCUT2D eigenvalue weighted by molar-refractivity contribution is 0.0951. The van der Waals surface area contributed by atoms with Crippen molar-refractivity contribution in [2.75, 3.05) is 23.3 Å². The van der Waals surface area contributed by atoms with Crippen molar-refractivity contribution in [3.05, 3.63) is 87.6 Å². The molecule has 0 radical (unpaired) electrons. The van der Waals surface area contributed by atoms with Gasteiger partial charge in [-0.2, -0.15) is 4.80 Å². The van der Waals surface area contributed by atoms with Crippen molar-refractivity contribution in [2.24, 2.45) is 0 Å². The van der Waals surface area contributed by atoms with E-state index in [4.69, 9.17) is 50.0 Å². The van der Waals surface area contributed by atoms with Crippen molar-refractivity contribution in [1.29, 1.82) is 0 Å². The van der Waals surface area contributed by atoms with Gasteiger partial charge in [-0.1, -0.05) is 29.3 Å². The Balaban J connectivity index is 1.31. The van der Waals surface area contributed by atoms with Gasteiger partial charge in [0, 0.05) is 30.0 Å². The summed E-state index contributed by atoms with van der Waals surface area (Å²) < 4.78 is 5.72. The Labute approximate surface area is 253 Å².